The van der Waals surface area contributed by atoms with Crippen LogP contribution in [-0.4, -0.2) is 72.2 Å². The highest BCUT2D eigenvalue weighted by atomic mass is 16.5. The number of carboxylic acids is 1. The quantitative estimate of drug-likeness (QED) is 0.282. The summed E-state index contributed by atoms with van der Waals surface area (Å²) in [6.45, 7) is 12.0. The zero-order chi connectivity index (χ0) is 27.0. The van der Waals surface area contributed by atoms with Crippen LogP contribution in [0.15, 0.2) is 30.4 Å². The number of allylic oxidation sites excluding steroid dienone is 2. The van der Waals surface area contributed by atoms with Crippen LogP contribution >= 0.6 is 0 Å². The third-order valence-corrected chi connectivity index (χ3v) is 7.88. The van der Waals surface area contributed by atoms with Crippen LogP contribution in [-0.2, 0) is 16.0 Å². The van der Waals surface area contributed by atoms with Gasteiger partial charge in [-0.3, -0.25) is 14.5 Å². The molecule has 2 aliphatic rings. The number of nitrogens with two attached hydrogens (primary N) is 1. The molecule has 0 radical (unpaired) electrons. The first-order valence-corrected chi connectivity index (χ1v) is 14.0. The number of carbonyl (C=O) groups is 2. The molecule has 0 bridgehead atoms. The SMILES string of the molecule is CC=CC(C)(C)C[C@H]1C(C(=O)O)[C@@H](c2ccc3c(c2)CCO3)CN1CC(=O)N(CCCC)CCCCN. The fourth-order valence-electron chi connectivity index (χ4n) is 6.01. The Morgan fingerprint density at radius 3 is 2.68 bits per heavy atom. The number of amides is 1. The lowest BCUT2D eigenvalue weighted by molar-refractivity contribution is -0.144. The lowest BCUT2D eigenvalue weighted by Gasteiger charge is -2.34. The number of likely N-dealkylation sites (tertiary alicyclic amines) is 1. The summed E-state index contributed by atoms with van der Waals surface area (Å²) < 4.78 is 5.68. The van der Waals surface area contributed by atoms with Gasteiger partial charge in [0.1, 0.15) is 5.75 Å². The van der Waals surface area contributed by atoms with Crippen molar-refractivity contribution in [3.63, 3.8) is 0 Å². The van der Waals surface area contributed by atoms with Crippen molar-refractivity contribution in [1.82, 2.24) is 9.80 Å². The number of rotatable bonds is 14. The minimum atomic E-state index is -0.788. The van der Waals surface area contributed by atoms with Crippen LogP contribution in [0.2, 0.25) is 0 Å². The summed E-state index contributed by atoms with van der Waals surface area (Å²) in [4.78, 5) is 30.5. The molecule has 2 aliphatic heterocycles. The summed E-state index contributed by atoms with van der Waals surface area (Å²) in [6.07, 6.45) is 9.47. The molecule has 7 heteroatoms. The highest BCUT2D eigenvalue weighted by Gasteiger charge is 2.48. The van der Waals surface area contributed by atoms with Crippen LogP contribution in [0.25, 0.3) is 0 Å². The fourth-order valence-corrected chi connectivity index (χ4v) is 6.01. The van der Waals surface area contributed by atoms with E-state index in [1.54, 1.807) is 0 Å². The summed E-state index contributed by atoms with van der Waals surface area (Å²) >= 11 is 0. The second-order valence-corrected chi connectivity index (χ2v) is 11.4. The largest absolute Gasteiger partial charge is 0.493 e. The van der Waals surface area contributed by atoms with Crippen molar-refractivity contribution < 1.29 is 19.4 Å². The smallest absolute Gasteiger partial charge is 0.308 e. The van der Waals surface area contributed by atoms with Crippen LogP contribution in [0.4, 0.5) is 0 Å². The van der Waals surface area contributed by atoms with Gasteiger partial charge in [-0.15, -0.1) is 0 Å². The summed E-state index contributed by atoms with van der Waals surface area (Å²) in [5.74, 6) is -0.561. The van der Waals surface area contributed by atoms with Gasteiger partial charge in [0.15, 0.2) is 0 Å². The van der Waals surface area contributed by atoms with E-state index >= 15 is 0 Å². The standard InChI is InChI=1S/C30H47N3O4/c1-5-7-15-32(16-9-8-14-31)27(34)21-33-20-24(22-10-11-26-23(18-22)12-17-37-26)28(29(35)36)25(33)19-30(3,4)13-6-2/h6,10-11,13,18,24-25,28H,5,7-9,12,14-17,19-21,31H2,1-4H3,(H,35,36)/t24-,25+,28?/m1/s1. The van der Waals surface area contributed by atoms with Crippen LogP contribution in [0.3, 0.4) is 0 Å². The number of aliphatic carboxylic acids is 1. The lowest BCUT2D eigenvalue weighted by Crippen LogP contribution is -2.46. The van der Waals surface area contributed by atoms with Crippen molar-refractivity contribution in [2.75, 3.05) is 39.3 Å². The molecule has 0 saturated carbocycles. The van der Waals surface area contributed by atoms with Crippen LogP contribution in [0.5, 0.6) is 5.75 Å². The van der Waals surface area contributed by atoms with Crippen molar-refractivity contribution in [1.29, 1.82) is 0 Å². The Balaban J connectivity index is 1.90. The number of hydrogen-bond acceptors (Lipinski definition) is 5. The van der Waals surface area contributed by atoms with Gasteiger partial charge >= 0.3 is 5.97 Å². The Kier molecular flexibility index (Phi) is 10.6. The number of benzene rings is 1. The Labute approximate surface area is 223 Å². The molecule has 0 spiro atoms. The molecule has 1 fully saturated rings. The van der Waals surface area contributed by atoms with E-state index in [2.05, 4.69) is 37.8 Å². The average molecular weight is 514 g/mol. The third kappa shape index (κ3) is 7.57. The van der Waals surface area contributed by atoms with Crippen LogP contribution in [0, 0.1) is 11.3 Å². The molecular formula is C30H47N3O4. The molecule has 0 aromatic heterocycles. The van der Waals surface area contributed by atoms with Crippen molar-refractivity contribution in [3.05, 3.63) is 41.5 Å². The van der Waals surface area contributed by atoms with E-state index in [-0.39, 0.29) is 29.8 Å². The lowest BCUT2D eigenvalue weighted by atomic mass is 9.77. The molecule has 7 nitrogen and oxygen atoms in total. The summed E-state index contributed by atoms with van der Waals surface area (Å²) in [7, 11) is 0. The van der Waals surface area contributed by atoms with Gasteiger partial charge in [0.25, 0.3) is 0 Å². The molecule has 2 heterocycles. The molecule has 3 atom stereocenters. The topological polar surface area (TPSA) is 96.1 Å². The zero-order valence-electron chi connectivity index (χ0n) is 23.2. The molecule has 37 heavy (non-hydrogen) atoms. The van der Waals surface area contributed by atoms with Crippen molar-refractivity contribution in [2.24, 2.45) is 17.1 Å². The Bertz CT molecular complexity index is 945. The first-order valence-electron chi connectivity index (χ1n) is 14.0. The van der Waals surface area contributed by atoms with Gasteiger partial charge in [-0.2, -0.15) is 0 Å². The monoisotopic (exact) mass is 513 g/mol. The van der Waals surface area contributed by atoms with E-state index in [1.807, 2.05) is 30.0 Å². The van der Waals surface area contributed by atoms with Gasteiger partial charge in [-0.05, 0) is 61.8 Å². The Morgan fingerprint density at radius 1 is 1.24 bits per heavy atom. The summed E-state index contributed by atoms with van der Waals surface area (Å²) in [6, 6.07) is 5.89. The Morgan fingerprint density at radius 2 is 2.00 bits per heavy atom. The summed E-state index contributed by atoms with van der Waals surface area (Å²) in [5, 5.41) is 10.5. The molecule has 206 valence electrons. The predicted octanol–water partition coefficient (Wildman–Crippen LogP) is 4.45. The molecule has 3 rings (SSSR count). The number of unbranched alkanes of at least 4 members (excludes halogenated alkanes) is 2. The van der Waals surface area contributed by atoms with E-state index in [0.29, 0.717) is 32.7 Å². The number of fused-ring (bicyclic) bond motifs is 1. The van der Waals surface area contributed by atoms with Crippen molar-refractivity contribution >= 4 is 11.9 Å². The van der Waals surface area contributed by atoms with Crippen molar-refractivity contribution in [2.45, 2.75) is 78.2 Å². The first kappa shape index (κ1) is 29.2. The maximum absolute atomic E-state index is 13.6. The number of hydrogen-bond donors (Lipinski definition) is 2. The maximum atomic E-state index is 13.6. The highest BCUT2D eigenvalue weighted by Crippen LogP contribution is 2.43. The normalized spacial score (nSPS) is 21.8. The van der Waals surface area contributed by atoms with Gasteiger partial charge in [-0.1, -0.05) is 51.5 Å². The minimum absolute atomic E-state index is 0.0893. The number of nitrogens with zero attached hydrogens (tertiary/aromatic N) is 2. The molecule has 1 aromatic rings. The van der Waals surface area contributed by atoms with E-state index in [9.17, 15) is 14.7 Å². The minimum Gasteiger partial charge on any atom is -0.493 e. The van der Waals surface area contributed by atoms with Gasteiger partial charge in [0.05, 0.1) is 19.1 Å². The van der Waals surface area contributed by atoms with Crippen LogP contribution < -0.4 is 10.5 Å². The zero-order valence-corrected chi connectivity index (χ0v) is 23.2. The fraction of sp³-hybridized carbons (Fsp3) is 0.667. The van der Waals surface area contributed by atoms with Gasteiger partial charge in [0, 0.05) is 38.0 Å². The van der Waals surface area contributed by atoms with Crippen LogP contribution in [0.1, 0.15) is 76.8 Å². The first-order chi connectivity index (χ1) is 17.7. The van der Waals surface area contributed by atoms with E-state index < -0.39 is 11.9 Å². The van der Waals surface area contributed by atoms with Gasteiger partial charge < -0.3 is 20.5 Å². The van der Waals surface area contributed by atoms with Gasteiger partial charge in [0.2, 0.25) is 5.91 Å². The average Bonchev–Trinajstić information content (AvgIpc) is 3.45. The molecule has 1 saturated heterocycles. The molecule has 0 aliphatic carbocycles. The predicted molar refractivity (Wildman–Crippen MR) is 148 cm³/mol. The molecule has 1 unspecified atom stereocenters. The molecule has 3 N–H and O–H groups in total. The molecule has 1 aromatic carbocycles. The molecule has 1 amide bonds. The second kappa shape index (κ2) is 13.4. The molecular weight excluding hydrogens is 466 g/mol. The Hall–Kier alpha value is -2.38. The van der Waals surface area contributed by atoms with Crippen molar-refractivity contribution in [3.8, 4) is 5.75 Å². The number of carboxylic acid groups (broad SMARTS) is 1. The van der Waals surface area contributed by atoms with E-state index in [4.69, 9.17) is 10.5 Å². The highest BCUT2D eigenvalue weighted by molar-refractivity contribution is 5.79. The van der Waals surface area contributed by atoms with Gasteiger partial charge in [-0.25, -0.2) is 0 Å². The number of ether oxygens (including phenoxy) is 1. The maximum Gasteiger partial charge on any atom is 0.308 e. The summed E-state index contributed by atoms with van der Waals surface area (Å²) in [5.41, 5.74) is 7.69. The third-order valence-electron chi connectivity index (χ3n) is 7.88. The number of carbonyl (C=O) groups excluding carboxylic acids is 1. The second-order valence-electron chi connectivity index (χ2n) is 11.4. The van der Waals surface area contributed by atoms with E-state index in [0.717, 1.165) is 55.5 Å². The van der Waals surface area contributed by atoms with E-state index in [1.165, 1.54) is 0 Å².